The maximum atomic E-state index is 6.19. The van der Waals surface area contributed by atoms with Crippen molar-refractivity contribution in [2.24, 2.45) is 0 Å². The summed E-state index contributed by atoms with van der Waals surface area (Å²) in [4.78, 5) is 0. The molecule has 0 aromatic heterocycles. The van der Waals surface area contributed by atoms with E-state index in [9.17, 15) is 0 Å². The van der Waals surface area contributed by atoms with E-state index >= 15 is 0 Å². The first-order valence-corrected chi connectivity index (χ1v) is 14.7. The van der Waals surface area contributed by atoms with Gasteiger partial charge in [-0.3, -0.25) is 0 Å². The summed E-state index contributed by atoms with van der Waals surface area (Å²) in [6, 6.07) is 1.40. The van der Waals surface area contributed by atoms with Gasteiger partial charge in [0.15, 0.2) is 17.4 Å². The average molecular weight is 235 g/mol. The molecule has 0 atom stereocenters. The van der Waals surface area contributed by atoms with Crippen molar-refractivity contribution in [1.29, 1.82) is 0 Å². The summed E-state index contributed by atoms with van der Waals surface area (Å²) in [6.45, 7) is 16.7. The van der Waals surface area contributed by atoms with Crippen molar-refractivity contribution in [3.63, 3.8) is 0 Å². The molecule has 0 rings (SSSR count). The van der Waals surface area contributed by atoms with Crippen LogP contribution < -0.4 is 0 Å². The highest BCUT2D eigenvalue weighted by atomic mass is 28.4. The fourth-order valence-electron chi connectivity index (χ4n) is 1.96. The first kappa shape index (κ1) is 13.6. The first-order valence-electron chi connectivity index (χ1n) is 5.36. The second kappa shape index (κ2) is 4.91. The Kier molecular flexibility index (Phi) is 5.14. The maximum absolute atomic E-state index is 6.19. The van der Waals surface area contributed by atoms with Crippen molar-refractivity contribution < 1.29 is 4.12 Å². The molecule has 13 heavy (non-hydrogen) atoms. The summed E-state index contributed by atoms with van der Waals surface area (Å²) in [5.74, 6) is 0. The molecule has 0 saturated heterocycles. The van der Waals surface area contributed by atoms with Gasteiger partial charge < -0.3 is 4.12 Å². The minimum Gasteiger partial charge on any atom is -0.458 e. The fourth-order valence-corrected chi connectivity index (χ4v) is 18.4. The Balaban J connectivity index is 4.16. The Labute approximate surface area is 87.8 Å². The van der Waals surface area contributed by atoms with Crippen molar-refractivity contribution in [1.82, 2.24) is 0 Å². The van der Waals surface area contributed by atoms with Crippen LogP contribution in [0.5, 0.6) is 0 Å². The summed E-state index contributed by atoms with van der Waals surface area (Å²) in [6.07, 6.45) is 0. The third kappa shape index (κ3) is 6.65. The molecule has 0 aromatic carbocycles. The van der Waals surface area contributed by atoms with Crippen LogP contribution in [0, 0.1) is 0 Å². The van der Waals surface area contributed by atoms with Gasteiger partial charge in [-0.05, 0) is 31.9 Å². The molecule has 0 aromatic rings. The molecule has 0 heterocycles. The average Bonchev–Trinajstić information content (AvgIpc) is 1.81. The lowest BCUT2D eigenvalue weighted by atomic mass is 11.0. The topological polar surface area (TPSA) is 9.23 Å². The third-order valence-electron chi connectivity index (χ3n) is 2.42. The van der Waals surface area contributed by atoms with E-state index in [0.717, 1.165) is 0 Å². The van der Waals surface area contributed by atoms with Crippen LogP contribution in [-0.2, 0) is 4.12 Å². The van der Waals surface area contributed by atoms with Gasteiger partial charge in [0, 0.05) is 8.07 Å². The monoisotopic (exact) mass is 234 g/mol. The molecule has 1 nitrogen and oxygen atoms in total. The van der Waals surface area contributed by atoms with E-state index in [1.54, 1.807) is 0 Å². The van der Waals surface area contributed by atoms with Crippen molar-refractivity contribution in [3.8, 4) is 0 Å². The van der Waals surface area contributed by atoms with E-state index in [1.165, 1.54) is 11.7 Å². The van der Waals surface area contributed by atoms with Crippen LogP contribution in [-0.4, -0.2) is 25.4 Å². The molecule has 0 fully saturated rings. The maximum Gasteiger partial charge on any atom is 0.170 e. The zero-order valence-corrected chi connectivity index (χ0v) is 13.6. The quantitative estimate of drug-likeness (QED) is 0.662. The molecule has 0 radical (unpaired) electrons. The Morgan fingerprint density at radius 1 is 1.08 bits per heavy atom. The molecular weight excluding hydrogens is 208 g/mol. The van der Waals surface area contributed by atoms with Crippen molar-refractivity contribution >= 4 is 25.4 Å². The first-order chi connectivity index (χ1) is 5.68. The summed E-state index contributed by atoms with van der Waals surface area (Å²) in [5.41, 5.74) is 1.43. The number of hydrogen-bond acceptors (Lipinski definition) is 1. The molecule has 0 spiro atoms. The fraction of sp³-hybridized carbons (Fsp3) is 1.00. The molecule has 0 aliphatic carbocycles. The van der Waals surface area contributed by atoms with Crippen LogP contribution >= 0.6 is 0 Å². The molecule has 4 heteroatoms. The van der Waals surface area contributed by atoms with Gasteiger partial charge in [0.25, 0.3) is 0 Å². The van der Waals surface area contributed by atoms with E-state index in [0.29, 0.717) is 0 Å². The van der Waals surface area contributed by atoms with E-state index in [4.69, 9.17) is 4.12 Å². The van der Waals surface area contributed by atoms with Crippen LogP contribution in [0.2, 0.25) is 51.0 Å². The predicted octanol–water partition coefficient (Wildman–Crippen LogP) is 3.46. The van der Waals surface area contributed by atoms with Gasteiger partial charge in [0.05, 0.1) is 0 Å². The van der Waals surface area contributed by atoms with Gasteiger partial charge in [0.1, 0.15) is 0 Å². The predicted molar refractivity (Wildman–Crippen MR) is 70.2 cm³/mol. The van der Waals surface area contributed by atoms with Crippen LogP contribution in [0.4, 0.5) is 0 Å². The van der Waals surface area contributed by atoms with Gasteiger partial charge in [-0.15, -0.1) is 0 Å². The Morgan fingerprint density at radius 2 is 1.54 bits per heavy atom. The van der Waals surface area contributed by atoms with Crippen LogP contribution in [0.25, 0.3) is 0 Å². The summed E-state index contributed by atoms with van der Waals surface area (Å²) in [5, 5.41) is 0. The second-order valence-corrected chi connectivity index (χ2v) is 18.6. The van der Waals surface area contributed by atoms with Gasteiger partial charge in [-0.1, -0.05) is 26.1 Å². The Bertz CT molecular complexity index is 155. The van der Waals surface area contributed by atoms with Crippen molar-refractivity contribution in [3.05, 3.63) is 0 Å². The lowest BCUT2D eigenvalue weighted by molar-refractivity contribution is 0.579. The normalized spacial score (nSPS) is 13.8. The molecule has 0 aliphatic heterocycles. The summed E-state index contributed by atoms with van der Waals surface area (Å²) in [7, 11) is -3.03. The highest BCUT2D eigenvalue weighted by molar-refractivity contribution is 6.94. The minimum absolute atomic E-state index is 0.812. The van der Waals surface area contributed by atoms with Crippen molar-refractivity contribution in [2.75, 3.05) is 0 Å². The highest BCUT2D eigenvalue weighted by Gasteiger charge is 2.32. The van der Waals surface area contributed by atoms with Crippen molar-refractivity contribution in [2.45, 2.75) is 57.9 Å². The number of hydrogen-bond donors (Lipinski definition) is 0. The standard InChI is InChI=1S/C9H26OSi3/c1-8-12(4,5)9-13(6,7)10-11(2)3/h11H,8-9H2,1-7H3. The molecule has 0 unspecified atom stereocenters. The van der Waals surface area contributed by atoms with Gasteiger partial charge >= 0.3 is 0 Å². The minimum atomic E-state index is -1.30. The van der Waals surface area contributed by atoms with Gasteiger partial charge in [-0.25, -0.2) is 0 Å². The summed E-state index contributed by atoms with van der Waals surface area (Å²) >= 11 is 0. The zero-order valence-electron chi connectivity index (χ0n) is 10.4. The summed E-state index contributed by atoms with van der Waals surface area (Å²) < 4.78 is 6.19. The van der Waals surface area contributed by atoms with Gasteiger partial charge in [-0.2, -0.15) is 0 Å². The molecule has 80 valence electrons. The highest BCUT2D eigenvalue weighted by Crippen LogP contribution is 2.24. The van der Waals surface area contributed by atoms with Gasteiger partial charge in [0.2, 0.25) is 0 Å². The third-order valence-corrected chi connectivity index (χ3v) is 16.0. The molecule has 0 saturated carbocycles. The van der Waals surface area contributed by atoms with Crippen LogP contribution in [0.1, 0.15) is 6.92 Å². The molecule has 0 aliphatic rings. The molecular formula is C9H26OSi3. The Morgan fingerprint density at radius 3 is 1.85 bits per heavy atom. The van der Waals surface area contributed by atoms with Crippen LogP contribution in [0.3, 0.4) is 0 Å². The molecule has 0 bridgehead atoms. The second-order valence-electron chi connectivity index (χ2n) is 5.62. The number of rotatable bonds is 5. The molecule has 0 N–H and O–H groups in total. The van der Waals surface area contributed by atoms with E-state index in [-0.39, 0.29) is 0 Å². The van der Waals surface area contributed by atoms with E-state index < -0.39 is 25.4 Å². The Hall–Kier alpha value is 0.611. The molecule has 0 amide bonds. The smallest absolute Gasteiger partial charge is 0.170 e. The SMILES string of the molecule is CC[Si](C)(C)C[Si](C)(C)O[SiH](C)C. The lowest BCUT2D eigenvalue weighted by Gasteiger charge is -2.33. The van der Waals surface area contributed by atoms with Crippen LogP contribution in [0.15, 0.2) is 0 Å². The zero-order chi connectivity index (χ0) is 10.7. The largest absolute Gasteiger partial charge is 0.458 e. The lowest BCUT2D eigenvalue weighted by Crippen LogP contribution is -2.43. The van der Waals surface area contributed by atoms with E-state index in [1.807, 2.05) is 0 Å². The van der Waals surface area contributed by atoms with E-state index in [2.05, 4.69) is 46.2 Å².